The van der Waals surface area contributed by atoms with Gasteiger partial charge >= 0.3 is 5.63 Å². The summed E-state index contributed by atoms with van der Waals surface area (Å²) in [5.74, 6) is 0.325. The quantitative estimate of drug-likeness (QED) is 0.634. The third-order valence-corrected chi connectivity index (χ3v) is 4.73. The van der Waals surface area contributed by atoms with Crippen molar-refractivity contribution in [2.24, 2.45) is 0 Å². The standard InChI is InChI=1S/C18H18N2O4S/c1-3-16-19-13(11-25-16)9-20(2)17(21)10-23-14-6-4-12-5-7-18(22)24-15(12)8-14/h4-8,11H,3,9-10H2,1-2H3. The number of aryl methyl sites for hydroxylation is 1. The minimum absolute atomic E-state index is 0.0934. The Balaban J connectivity index is 1.60. The van der Waals surface area contributed by atoms with Gasteiger partial charge in [0.05, 0.1) is 17.2 Å². The van der Waals surface area contributed by atoms with E-state index >= 15 is 0 Å². The lowest BCUT2D eigenvalue weighted by atomic mass is 10.2. The minimum Gasteiger partial charge on any atom is -0.484 e. The van der Waals surface area contributed by atoms with E-state index in [1.54, 1.807) is 47.5 Å². The number of hydrogen-bond donors (Lipinski definition) is 0. The lowest BCUT2D eigenvalue weighted by Crippen LogP contribution is -2.31. The normalized spacial score (nSPS) is 10.8. The van der Waals surface area contributed by atoms with Crippen LogP contribution in [-0.4, -0.2) is 29.4 Å². The van der Waals surface area contributed by atoms with Gasteiger partial charge in [-0.25, -0.2) is 9.78 Å². The maximum atomic E-state index is 12.2. The summed E-state index contributed by atoms with van der Waals surface area (Å²) in [6.07, 6.45) is 0.892. The van der Waals surface area contributed by atoms with Crippen LogP contribution in [0.4, 0.5) is 0 Å². The summed E-state index contributed by atoms with van der Waals surface area (Å²) in [7, 11) is 1.72. The highest BCUT2D eigenvalue weighted by atomic mass is 32.1. The maximum Gasteiger partial charge on any atom is 0.336 e. The zero-order valence-electron chi connectivity index (χ0n) is 14.0. The Hall–Kier alpha value is -2.67. The number of nitrogens with zero attached hydrogens (tertiary/aromatic N) is 2. The first-order valence-electron chi connectivity index (χ1n) is 7.89. The van der Waals surface area contributed by atoms with Crippen molar-refractivity contribution in [2.45, 2.75) is 19.9 Å². The van der Waals surface area contributed by atoms with Gasteiger partial charge in [-0.15, -0.1) is 11.3 Å². The molecule has 0 aliphatic rings. The van der Waals surface area contributed by atoms with Crippen LogP contribution in [-0.2, 0) is 17.8 Å². The van der Waals surface area contributed by atoms with Gasteiger partial charge in [-0.2, -0.15) is 0 Å². The maximum absolute atomic E-state index is 12.2. The van der Waals surface area contributed by atoms with Crippen molar-refractivity contribution in [3.63, 3.8) is 0 Å². The number of rotatable bonds is 6. The Morgan fingerprint density at radius 1 is 1.32 bits per heavy atom. The van der Waals surface area contributed by atoms with Crippen LogP contribution in [0.2, 0.25) is 0 Å². The van der Waals surface area contributed by atoms with Crippen molar-refractivity contribution in [3.05, 3.63) is 56.8 Å². The Morgan fingerprint density at radius 2 is 2.12 bits per heavy atom. The van der Waals surface area contributed by atoms with Crippen molar-refractivity contribution < 1.29 is 13.9 Å². The predicted octanol–water partition coefficient (Wildman–Crippen LogP) is 2.85. The smallest absolute Gasteiger partial charge is 0.336 e. The molecule has 0 unspecified atom stereocenters. The molecule has 0 saturated heterocycles. The molecule has 6 nitrogen and oxygen atoms in total. The largest absolute Gasteiger partial charge is 0.484 e. The molecular formula is C18H18N2O4S. The monoisotopic (exact) mass is 358 g/mol. The van der Waals surface area contributed by atoms with Crippen molar-refractivity contribution in [3.8, 4) is 5.75 Å². The zero-order valence-corrected chi connectivity index (χ0v) is 14.8. The van der Waals surface area contributed by atoms with Crippen molar-refractivity contribution in [1.29, 1.82) is 0 Å². The number of benzene rings is 1. The average molecular weight is 358 g/mol. The summed E-state index contributed by atoms with van der Waals surface area (Å²) in [6.45, 7) is 2.41. The fourth-order valence-electron chi connectivity index (χ4n) is 2.30. The van der Waals surface area contributed by atoms with Gasteiger partial charge in [-0.3, -0.25) is 4.79 Å². The molecule has 0 N–H and O–H groups in total. The zero-order chi connectivity index (χ0) is 17.8. The molecule has 1 aromatic carbocycles. The predicted molar refractivity (Wildman–Crippen MR) is 95.9 cm³/mol. The molecule has 0 atom stereocenters. The van der Waals surface area contributed by atoms with Gasteiger partial charge in [0.15, 0.2) is 6.61 Å². The average Bonchev–Trinajstić information content (AvgIpc) is 3.06. The molecule has 2 heterocycles. The minimum atomic E-state index is -0.421. The molecule has 0 aliphatic carbocycles. The fourth-order valence-corrected chi connectivity index (χ4v) is 3.04. The second-order valence-electron chi connectivity index (χ2n) is 5.58. The summed E-state index contributed by atoms with van der Waals surface area (Å²) in [6, 6.07) is 8.18. The molecule has 2 aromatic heterocycles. The van der Waals surface area contributed by atoms with Crippen LogP contribution in [0.3, 0.4) is 0 Å². The van der Waals surface area contributed by atoms with E-state index in [1.165, 1.54) is 6.07 Å². The van der Waals surface area contributed by atoms with Crippen LogP contribution in [0.1, 0.15) is 17.6 Å². The lowest BCUT2D eigenvalue weighted by Gasteiger charge is -2.16. The number of carbonyl (C=O) groups is 1. The number of fused-ring (bicyclic) bond motifs is 1. The first kappa shape index (κ1) is 17.2. The van der Waals surface area contributed by atoms with Crippen LogP contribution in [0.25, 0.3) is 11.0 Å². The number of amides is 1. The molecule has 1 amide bonds. The van der Waals surface area contributed by atoms with E-state index in [2.05, 4.69) is 11.9 Å². The molecule has 3 rings (SSSR count). The molecule has 0 aliphatic heterocycles. The second-order valence-corrected chi connectivity index (χ2v) is 6.52. The third-order valence-electron chi connectivity index (χ3n) is 3.68. The number of carbonyl (C=O) groups excluding carboxylic acids is 1. The lowest BCUT2D eigenvalue weighted by molar-refractivity contribution is -0.132. The molecule has 25 heavy (non-hydrogen) atoms. The van der Waals surface area contributed by atoms with Crippen LogP contribution in [0.5, 0.6) is 5.75 Å². The van der Waals surface area contributed by atoms with Crippen LogP contribution < -0.4 is 10.4 Å². The van der Waals surface area contributed by atoms with Gasteiger partial charge in [0.2, 0.25) is 0 Å². The van der Waals surface area contributed by atoms with E-state index in [-0.39, 0.29) is 12.5 Å². The van der Waals surface area contributed by atoms with E-state index in [9.17, 15) is 9.59 Å². The van der Waals surface area contributed by atoms with Crippen LogP contribution in [0.15, 0.2) is 44.9 Å². The van der Waals surface area contributed by atoms with Gasteiger partial charge in [-0.05, 0) is 24.6 Å². The topological polar surface area (TPSA) is 72.6 Å². The van der Waals surface area contributed by atoms with Crippen molar-refractivity contribution in [2.75, 3.05) is 13.7 Å². The molecule has 0 fully saturated rings. The number of likely N-dealkylation sites (N-methyl/N-ethyl adjacent to an activating group) is 1. The second kappa shape index (κ2) is 7.48. The van der Waals surface area contributed by atoms with Crippen molar-refractivity contribution >= 4 is 28.2 Å². The Kier molecular flexibility index (Phi) is 5.14. The third kappa shape index (κ3) is 4.24. The fraction of sp³-hybridized carbons (Fsp3) is 0.278. The summed E-state index contributed by atoms with van der Waals surface area (Å²) < 4.78 is 10.6. The van der Waals surface area contributed by atoms with E-state index in [0.29, 0.717) is 17.9 Å². The Labute approximate surface area is 148 Å². The van der Waals surface area contributed by atoms with Crippen molar-refractivity contribution in [1.82, 2.24) is 9.88 Å². The van der Waals surface area contributed by atoms with E-state index in [4.69, 9.17) is 9.15 Å². The number of hydrogen-bond acceptors (Lipinski definition) is 6. The van der Waals surface area contributed by atoms with Crippen LogP contribution >= 0.6 is 11.3 Å². The van der Waals surface area contributed by atoms with Gasteiger partial charge in [0, 0.05) is 29.9 Å². The molecule has 0 spiro atoms. The SMILES string of the molecule is CCc1nc(CN(C)C(=O)COc2ccc3ccc(=O)oc3c2)cs1. The Bertz CT molecular complexity index is 947. The van der Waals surface area contributed by atoms with E-state index < -0.39 is 5.63 Å². The van der Waals surface area contributed by atoms with Gasteiger partial charge in [-0.1, -0.05) is 6.92 Å². The highest BCUT2D eigenvalue weighted by Gasteiger charge is 2.12. The molecule has 0 saturated carbocycles. The van der Waals surface area contributed by atoms with E-state index in [0.717, 1.165) is 22.5 Å². The summed E-state index contributed by atoms with van der Waals surface area (Å²) in [4.78, 5) is 29.5. The molecule has 0 radical (unpaired) electrons. The Morgan fingerprint density at radius 3 is 2.88 bits per heavy atom. The molecule has 3 aromatic rings. The summed E-state index contributed by atoms with van der Waals surface area (Å²) in [5.41, 5.74) is 0.890. The summed E-state index contributed by atoms with van der Waals surface area (Å²) >= 11 is 1.60. The first-order valence-corrected chi connectivity index (χ1v) is 8.77. The number of ether oxygens (including phenoxy) is 1. The van der Waals surface area contributed by atoms with Crippen LogP contribution in [0, 0.1) is 0 Å². The highest BCUT2D eigenvalue weighted by Crippen LogP contribution is 2.19. The van der Waals surface area contributed by atoms with E-state index in [1.807, 2.05) is 5.38 Å². The first-order chi connectivity index (χ1) is 12.0. The van der Waals surface area contributed by atoms with Gasteiger partial charge in [0.25, 0.3) is 5.91 Å². The molecule has 7 heteroatoms. The number of aromatic nitrogens is 1. The molecule has 130 valence electrons. The molecule has 0 bridgehead atoms. The number of thiazole rings is 1. The van der Waals surface area contributed by atoms with Gasteiger partial charge < -0.3 is 14.1 Å². The summed E-state index contributed by atoms with van der Waals surface area (Å²) in [5, 5.41) is 3.82. The highest BCUT2D eigenvalue weighted by molar-refractivity contribution is 7.09. The molecular weight excluding hydrogens is 340 g/mol. The van der Waals surface area contributed by atoms with Gasteiger partial charge in [0.1, 0.15) is 11.3 Å².